The highest BCUT2D eigenvalue weighted by molar-refractivity contribution is 5.95. The van der Waals surface area contributed by atoms with Crippen LogP contribution in [0.4, 0.5) is 4.39 Å². The smallest absolute Gasteiger partial charge is 0.272 e. The summed E-state index contributed by atoms with van der Waals surface area (Å²) >= 11 is 0. The van der Waals surface area contributed by atoms with Crippen molar-refractivity contribution < 1.29 is 9.18 Å². The second-order valence-corrected chi connectivity index (χ2v) is 6.58. The van der Waals surface area contributed by atoms with Crippen LogP contribution in [-0.4, -0.2) is 47.2 Å². The molecular weight excluding hydrogens is 347 g/mol. The van der Waals surface area contributed by atoms with Crippen molar-refractivity contribution >= 4 is 16.7 Å². The molecule has 0 atom stereocenters. The van der Waals surface area contributed by atoms with E-state index in [0.717, 1.165) is 10.9 Å². The van der Waals surface area contributed by atoms with E-state index in [1.807, 2.05) is 12.1 Å². The highest BCUT2D eigenvalue weighted by Crippen LogP contribution is 2.19. The maximum atomic E-state index is 14.3. The van der Waals surface area contributed by atoms with Gasteiger partial charge in [0.25, 0.3) is 11.5 Å². The third-order valence-electron chi connectivity index (χ3n) is 4.81. The monoisotopic (exact) mass is 366 g/mol. The van der Waals surface area contributed by atoms with Crippen molar-refractivity contribution in [2.75, 3.05) is 26.2 Å². The van der Waals surface area contributed by atoms with Gasteiger partial charge in [0, 0.05) is 38.0 Å². The second kappa shape index (κ2) is 7.28. The number of halogens is 1. The number of aromatic amines is 1. The zero-order valence-electron chi connectivity index (χ0n) is 14.7. The average Bonchev–Trinajstić information content (AvgIpc) is 2.72. The van der Waals surface area contributed by atoms with Gasteiger partial charge < -0.3 is 10.2 Å². The van der Waals surface area contributed by atoms with Gasteiger partial charge in [0.05, 0.1) is 16.6 Å². The van der Waals surface area contributed by atoms with Crippen LogP contribution < -0.4 is 10.9 Å². The zero-order chi connectivity index (χ0) is 18.8. The summed E-state index contributed by atoms with van der Waals surface area (Å²) < 4.78 is 14.3. The van der Waals surface area contributed by atoms with Crippen LogP contribution in [0.2, 0.25) is 0 Å². The molecule has 2 heterocycles. The molecule has 1 aliphatic rings. The number of nitrogens with zero attached hydrogens (tertiary/aromatic N) is 2. The quantitative estimate of drug-likeness (QED) is 0.740. The van der Waals surface area contributed by atoms with Gasteiger partial charge in [-0.3, -0.25) is 9.59 Å². The van der Waals surface area contributed by atoms with Gasteiger partial charge in [-0.2, -0.15) is 5.10 Å². The lowest BCUT2D eigenvalue weighted by molar-refractivity contribution is 0.0731. The first kappa shape index (κ1) is 17.4. The Morgan fingerprint density at radius 1 is 1.11 bits per heavy atom. The van der Waals surface area contributed by atoms with Crippen LogP contribution in [0, 0.1) is 5.82 Å². The van der Waals surface area contributed by atoms with Crippen molar-refractivity contribution in [1.29, 1.82) is 0 Å². The van der Waals surface area contributed by atoms with E-state index in [1.54, 1.807) is 29.2 Å². The number of H-pyrrole nitrogens is 1. The van der Waals surface area contributed by atoms with E-state index >= 15 is 0 Å². The zero-order valence-corrected chi connectivity index (χ0v) is 14.7. The van der Waals surface area contributed by atoms with E-state index in [1.165, 1.54) is 6.07 Å². The van der Waals surface area contributed by atoms with E-state index < -0.39 is 5.82 Å². The van der Waals surface area contributed by atoms with Crippen LogP contribution in [0.1, 0.15) is 21.6 Å². The summed E-state index contributed by atoms with van der Waals surface area (Å²) in [6, 6.07) is 11.8. The Hall–Kier alpha value is -3.06. The Kier molecular flexibility index (Phi) is 4.68. The maximum Gasteiger partial charge on any atom is 0.272 e. The molecule has 0 unspecified atom stereocenters. The Morgan fingerprint density at radius 2 is 1.85 bits per heavy atom. The Morgan fingerprint density at radius 3 is 2.63 bits per heavy atom. The number of piperazine rings is 1. The molecule has 0 spiro atoms. The second-order valence-electron chi connectivity index (χ2n) is 6.58. The molecule has 4 rings (SSSR count). The van der Waals surface area contributed by atoms with Crippen molar-refractivity contribution in [3.63, 3.8) is 0 Å². The number of aromatic nitrogens is 2. The summed E-state index contributed by atoms with van der Waals surface area (Å²) in [6.45, 7) is 2.55. The number of amides is 1. The molecule has 6 nitrogen and oxygen atoms in total. The standard InChI is InChI=1S/C20H19FN4O2/c21-17-6-5-13(11-16(17)20(27)25-9-7-22-8-10-25)12-18-14-3-1-2-4-15(14)19(26)24-23-18/h1-6,11,22H,7-10,12H2,(H,24,26). The van der Waals surface area contributed by atoms with Crippen LogP contribution in [0.25, 0.3) is 10.8 Å². The fourth-order valence-corrected chi connectivity index (χ4v) is 3.38. The van der Waals surface area contributed by atoms with Gasteiger partial charge in [-0.25, -0.2) is 9.49 Å². The maximum absolute atomic E-state index is 14.3. The predicted molar refractivity (Wildman–Crippen MR) is 100 cm³/mol. The van der Waals surface area contributed by atoms with Gasteiger partial charge in [0.2, 0.25) is 0 Å². The Labute approximate surface area is 155 Å². The molecular formula is C20H19FN4O2. The van der Waals surface area contributed by atoms with Crippen LogP contribution in [0.3, 0.4) is 0 Å². The number of fused-ring (bicyclic) bond motifs is 1. The van der Waals surface area contributed by atoms with Crippen LogP contribution in [0.5, 0.6) is 0 Å². The normalized spacial score (nSPS) is 14.5. The molecule has 1 fully saturated rings. The molecule has 1 saturated heterocycles. The van der Waals surface area contributed by atoms with E-state index in [9.17, 15) is 14.0 Å². The number of benzene rings is 2. The molecule has 0 aliphatic carbocycles. The first-order valence-electron chi connectivity index (χ1n) is 8.88. The van der Waals surface area contributed by atoms with Crippen molar-refractivity contribution in [3.05, 3.63) is 75.5 Å². The Bertz CT molecular complexity index is 1060. The molecule has 2 N–H and O–H groups in total. The molecule has 0 bridgehead atoms. The fraction of sp³-hybridized carbons (Fsp3) is 0.250. The van der Waals surface area contributed by atoms with Gasteiger partial charge >= 0.3 is 0 Å². The number of carbonyl (C=O) groups excluding carboxylic acids is 1. The number of hydrogen-bond acceptors (Lipinski definition) is 4. The van der Waals surface area contributed by atoms with Gasteiger partial charge in [-0.1, -0.05) is 24.3 Å². The van der Waals surface area contributed by atoms with Crippen LogP contribution in [-0.2, 0) is 6.42 Å². The highest BCUT2D eigenvalue weighted by Gasteiger charge is 2.21. The Balaban J connectivity index is 1.67. The third kappa shape index (κ3) is 3.46. The van der Waals surface area contributed by atoms with E-state index in [4.69, 9.17) is 0 Å². The minimum Gasteiger partial charge on any atom is -0.336 e. The molecule has 0 saturated carbocycles. The topological polar surface area (TPSA) is 78.1 Å². The first-order chi connectivity index (χ1) is 13.1. The van der Waals surface area contributed by atoms with Gasteiger partial charge in [0.1, 0.15) is 5.82 Å². The predicted octanol–water partition coefficient (Wildman–Crippen LogP) is 1.70. The molecule has 1 aromatic heterocycles. The van der Waals surface area contributed by atoms with E-state index in [2.05, 4.69) is 15.5 Å². The van der Waals surface area contributed by atoms with Crippen molar-refractivity contribution in [3.8, 4) is 0 Å². The van der Waals surface area contributed by atoms with E-state index in [-0.39, 0.29) is 17.0 Å². The summed E-state index contributed by atoms with van der Waals surface area (Å²) in [4.78, 5) is 26.3. The largest absolute Gasteiger partial charge is 0.336 e. The average molecular weight is 366 g/mol. The number of rotatable bonds is 3. The summed E-state index contributed by atoms with van der Waals surface area (Å²) in [6.07, 6.45) is 0.388. The number of nitrogens with one attached hydrogen (secondary N) is 2. The minimum atomic E-state index is -0.526. The van der Waals surface area contributed by atoms with Crippen LogP contribution >= 0.6 is 0 Å². The van der Waals surface area contributed by atoms with Crippen molar-refractivity contribution in [1.82, 2.24) is 20.4 Å². The van der Waals surface area contributed by atoms with Crippen molar-refractivity contribution in [2.24, 2.45) is 0 Å². The molecule has 2 aromatic carbocycles. The number of carbonyl (C=O) groups is 1. The molecule has 138 valence electrons. The molecule has 1 aliphatic heterocycles. The lowest BCUT2D eigenvalue weighted by atomic mass is 10.0. The summed E-state index contributed by atoms with van der Waals surface area (Å²) in [5, 5.41) is 11.1. The number of hydrogen-bond donors (Lipinski definition) is 2. The molecule has 0 radical (unpaired) electrons. The van der Waals surface area contributed by atoms with E-state index in [0.29, 0.717) is 43.7 Å². The summed E-state index contributed by atoms with van der Waals surface area (Å²) in [7, 11) is 0. The lowest BCUT2D eigenvalue weighted by Gasteiger charge is -2.27. The third-order valence-corrected chi connectivity index (χ3v) is 4.81. The molecule has 27 heavy (non-hydrogen) atoms. The fourth-order valence-electron chi connectivity index (χ4n) is 3.38. The van der Waals surface area contributed by atoms with Gasteiger partial charge in [0.15, 0.2) is 0 Å². The van der Waals surface area contributed by atoms with Crippen LogP contribution in [0.15, 0.2) is 47.3 Å². The van der Waals surface area contributed by atoms with Crippen molar-refractivity contribution in [2.45, 2.75) is 6.42 Å². The minimum absolute atomic E-state index is 0.0723. The lowest BCUT2D eigenvalue weighted by Crippen LogP contribution is -2.46. The van der Waals surface area contributed by atoms with Gasteiger partial charge in [-0.05, 0) is 23.8 Å². The van der Waals surface area contributed by atoms with Gasteiger partial charge in [-0.15, -0.1) is 0 Å². The molecule has 3 aromatic rings. The molecule has 7 heteroatoms. The highest BCUT2D eigenvalue weighted by atomic mass is 19.1. The molecule has 1 amide bonds. The SMILES string of the molecule is O=C(c1cc(Cc2n[nH]c(=O)c3ccccc23)ccc1F)N1CCNCC1. The summed E-state index contributed by atoms with van der Waals surface area (Å²) in [5.74, 6) is -0.822. The first-order valence-corrected chi connectivity index (χ1v) is 8.88. The summed E-state index contributed by atoms with van der Waals surface area (Å²) in [5.41, 5.74) is 1.27.